The number of nitrogens with zero attached hydrogens (tertiary/aromatic N) is 4. The zero-order valence-corrected chi connectivity index (χ0v) is 31.5. The average Bonchev–Trinajstić information content (AvgIpc) is 3.20. The molecule has 290 valence electrons. The highest BCUT2D eigenvalue weighted by Crippen LogP contribution is 2.11. The van der Waals surface area contributed by atoms with E-state index in [0.717, 1.165) is 16.7 Å². The molecule has 4 aromatic carbocycles. The van der Waals surface area contributed by atoms with Gasteiger partial charge in [0.15, 0.2) is 0 Å². The van der Waals surface area contributed by atoms with Crippen molar-refractivity contribution in [3.05, 3.63) is 143 Å². The molecule has 56 heavy (non-hydrogen) atoms. The van der Waals surface area contributed by atoms with Crippen molar-refractivity contribution >= 4 is 46.8 Å². The van der Waals surface area contributed by atoms with Crippen molar-refractivity contribution in [2.45, 2.75) is 45.7 Å². The second-order valence-electron chi connectivity index (χ2n) is 12.8. The van der Waals surface area contributed by atoms with Gasteiger partial charge in [0.2, 0.25) is 17.8 Å². The Kier molecular flexibility index (Phi) is 15.5. The van der Waals surface area contributed by atoms with Crippen molar-refractivity contribution in [3.8, 4) is 0 Å². The summed E-state index contributed by atoms with van der Waals surface area (Å²) in [7, 11) is 0. The fourth-order valence-electron chi connectivity index (χ4n) is 5.35. The smallest absolute Gasteiger partial charge is 0.251 e. The topological polar surface area (TPSA) is 244 Å². The molecule has 0 saturated heterocycles. The van der Waals surface area contributed by atoms with Crippen LogP contribution in [0.25, 0.3) is 0 Å². The van der Waals surface area contributed by atoms with Gasteiger partial charge in [0.1, 0.15) is 17.9 Å². The van der Waals surface area contributed by atoms with E-state index in [1.165, 1.54) is 0 Å². The Hall–Kier alpha value is -7.16. The number of amidine groups is 1. The van der Waals surface area contributed by atoms with Crippen molar-refractivity contribution in [1.29, 1.82) is 0 Å². The van der Waals surface area contributed by atoms with Gasteiger partial charge in [-0.25, -0.2) is 0 Å². The third-order valence-electron chi connectivity index (χ3n) is 8.34. The summed E-state index contributed by atoms with van der Waals surface area (Å²) < 4.78 is 0. The van der Waals surface area contributed by atoms with Gasteiger partial charge in [-0.05, 0) is 67.3 Å². The monoisotopic (exact) mass is 757 g/mol. The SMILES string of the molecule is CC(N)=N/N=C(/C)c1ccc(C(=O)N[C@@H](Cc2ccccc2)C(=O)NCCNC(=O)[C@H](Cc2ccccc2)NC(=O)c2ccc(/C(C)=N\N=C(N)N)cc2)cc1. The molecular formula is C41H47N11O4. The maximum Gasteiger partial charge on any atom is 0.251 e. The molecule has 0 spiro atoms. The van der Waals surface area contributed by atoms with E-state index in [0.29, 0.717) is 33.9 Å². The summed E-state index contributed by atoms with van der Waals surface area (Å²) in [5.74, 6) is -1.60. The van der Waals surface area contributed by atoms with E-state index in [1.54, 1.807) is 69.3 Å². The lowest BCUT2D eigenvalue weighted by molar-refractivity contribution is -0.124. The van der Waals surface area contributed by atoms with E-state index in [2.05, 4.69) is 41.7 Å². The summed E-state index contributed by atoms with van der Waals surface area (Å²) in [6.07, 6.45) is 0.465. The minimum atomic E-state index is -0.922. The molecule has 0 aliphatic rings. The zero-order chi connectivity index (χ0) is 40.5. The lowest BCUT2D eigenvalue weighted by Gasteiger charge is -2.20. The number of rotatable bonds is 17. The van der Waals surface area contributed by atoms with E-state index < -0.39 is 35.7 Å². The Labute approximate surface area is 325 Å². The molecule has 15 heteroatoms. The van der Waals surface area contributed by atoms with Crippen molar-refractivity contribution in [3.63, 3.8) is 0 Å². The molecule has 0 bridgehead atoms. The third kappa shape index (κ3) is 13.4. The molecular weight excluding hydrogens is 711 g/mol. The third-order valence-corrected chi connectivity index (χ3v) is 8.34. The van der Waals surface area contributed by atoms with Gasteiger partial charge < -0.3 is 38.5 Å². The number of nitrogens with two attached hydrogens (primary N) is 3. The minimum Gasteiger partial charge on any atom is -0.386 e. The quantitative estimate of drug-likeness (QED) is 0.0367. The number of guanidine groups is 1. The number of carbonyl (C=O) groups is 4. The highest BCUT2D eigenvalue weighted by atomic mass is 16.2. The van der Waals surface area contributed by atoms with Gasteiger partial charge in [0, 0.05) is 37.1 Å². The molecule has 0 heterocycles. The molecule has 0 fully saturated rings. The highest BCUT2D eigenvalue weighted by molar-refractivity contribution is 6.02. The first-order chi connectivity index (χ1) is 26.9. The molecule has 0 radical (unpaired) electrons. The Bertz CT molecular complexity index is 1920. The van der Waals surface area contributed by atoms with Gasteiger partial charge in [-0.1, -0.05) is 84.9 Å². The maximum atomic E-state index is 13.5. The summed E-state index contributed by atoms with van der Waals surface area (Å²) in [5.41, 5.74) is 21.3. The number of hydrogen-bond acceptors (Lipinski definition) is 8. The van der Waals surface area contributed by atoms with E-state index >= 15 is 0 Å². The molecule has 0 aromatic heterocycles. The Morgan fingerprint density at radius 3 is 1.21 bits per heavy atom. The zero-order valence-electron chi connectivity index (χ0n) is 31.5. The van der Waals surface area contributed by atoms with Crippen LogP contribution < -0.4 is 38.5 Å². The summed E-state index contributed by atoms with van der Waals surface area (Å²) in [6.45, 7) is 5.27. The fraction of sp³-hybridized carbons (Fsp3) is 0.220. The van der Waals surface area contributed by atoms with Crippen LogP contribution in [0.5, 0.6) is 0 Å². The largest absolute Gasteiger partial charge is 0.386 e. The van der Waals surface area contributed by atoms with Gasteiger partial charge in [0.25, 0.3) is 11.8 Å². The molecule has 4 aromatic rings. The fourth-order valence-corrected chi connectivity index (χ4v) is 5.35. The Balaban J connectivity index is 1.39. The lowest BCUT2D eigenvalue weighted by Crippen LogP contribution is -2.51. The molecule has 0 unspecified atom stereocenters. The number of amides is 4. The normalized spacial score (nSPS) is 12.8. The van der Waals surface area contributed by atoms with Crippen LogP contribution in [-0.2, 0) is 22.4 Å². The average molecular weight is 758 g/mol. The van der Waals surface area contributed by atoms with Crippen LogP contribution in [0.3, 0.4) is 0 Å². The Morgan fingerprint density at radius 1 is 0.500 bits per heavy atom. The molecule has 15 nitrogen and oxygen atoms in total. The number of carbonyl (C=O) groups excluding carboxylic acids is 4. The second kappa shape index (κ2) is 20.9. The summed E-state index contributed by atoms with van der Waals surface area (Å²) in [6, 6.07) is 30.2. The first-order valence-corrected chi connectivity index (χ1v) is 17.8. The maximum absolute atomic E-state index is 13.5. The summed E-state index contributed by atoms with van der Waals surface area (Å²) in [4.78, 5) is 53.6. The summed E-state index contributed by atoms with van der Waals surface area (Å²) in [5, 5.41) is 26.9. The van der Waals surface area contributed by atoms with Crippen LogP contribution in [0, 0.1) is 0 Å². The van der Waals surface area contributed by atoms with Gasteiger partial charge in [-0.3, -0.25) is 19.2 Å². The van der Waals surface area contributed by atoms with Crippen LogP contribution in [0.1, 0.15) is 63.7 Å². The van der Waals surface area contributed by atoms with Crippen molar-refractivity contribution in [2.75, 3.05) is 13.1 Å². The van der Waals surface area contributed by atoms with E-state index in [-0.39, 0.29) is 31.9 Å². The standard InChI is InChI=1S/C41H47N11O4/c1-26(49-51-28(3)42)31-14-18-33(19-15-31)37(53)47-35(24-29-10-6-4-7-11-29)39(55)45-22-23-46-40(56)36(25-30-12-8-5-9-13-30)48-38(54)34-20-16-32(17-21-34)27(2)50-52-41(43)44/h4-21,35-36H,22-25H2,1-3H3,(H2,42,51)(H,45,55)(H,46,56)(H,47,53)(H,48,54)(H4,43,44,52)/b49-26-,50-27-/t35-,36-/m0/s1. The highest BCUT2D eigenvalue weighted by Gasteiger charge is 2.24. The van der Waals surface area contributed by atoms with Gasteiger partial charge in [0.05, 0.1) is 11.4 Å². The van der Waals surface area contributed by atoms with Crippen molar-refractivity contribution in [2.24, 2.45) is 37.6 Å². The van der Waals surface area contributed by atoms with Crippen molar-refractivity contribution in [1.82, 2.24) is 21.3 Å². The van der Waals surface area contributed by atoms with Crippen LogP contribution in [-0.4, -0.2) is 72.0 Å². The molecule has 0 aliphatic carbocycles. The molecule has 10 N–H and O–H groups in total. The predicted octanol–water partition coefficient (Wildman–Crippen LogP) is 2.40. The molecule has 0 saturated carbocycles. The molecule has 4 amide bonds. The molecule has 4 rings (SSSR count). The lowest BCUT2D eigenvalue weighted by atomic mass is 10.0. The van der Waals surface area contributed by atoms with E-state index in [9.17, 15) is 19.2 Å². The molecule has 2 atom stereocenters. The molecule has 0 aliphatic heterocycles. The van der Waals surface area contributed by atoms with Gasteiger partial charge >= 0.3 is 0 Å². The van der Waals surface area contributed by atoms with Crippen molar-refractivity contribution < 1.29 is 19.2 Å². The number of nitrogens with one attached hydrogen (secondary N) is 4. The van der Waals surface area contributed by atoms with Crippen LogP contribution in [0.4, 0.5) is 0 Å². The van der Waals surface area contributed by atoms with E-state index in [1.807, 2.05) is 60.7 Å². The number of hydrogen-bond donors (Lipinski definition) is 7. The van der Waals surface area contributed by atoms with Crippen LogP contribution >= 0.6 is 0 Å². The van der Waals surface area contributed by atoms with Gasteiger partial charge in [-0.15, -0.1) is 10.2 Å². The summed E-state index contributed by atoms with van der Waals surface area (Å²) >= 11 is 0. The number of benzene rings is 4. The minimum absolute atomic E-state index is 0.0664. The Morgan fingerprint density at radius 2 is 0.857 bits per heavy atom. The van der Waals surface area contributed by atoms with Gasteiger partial charge in [-0.2, -0.15) is 10.2 Å². The first-order valence-electron chi connectivity index (χ1n) is 17.8. The van der Waals surface area contributed by atoms with Crippen LogP contribution in [0.2, 0.25) is 0 Å². The first kappa shape index (κ1) is 41.6. The second-order valence-corrected chi connectivity index (χ2v) is 12.8. The van der Waals surface area contributed by atoms with E-state index in [4.69, 9.17) is 17.2 Å². The predicted molar refractivity (Wildman–Crippen MR) is 219 cm³/mol. The van der Waals surface area contributed by atoms with Crippen LogP contribution in [0.15, 0.2) is 130 Å².